The molecule has 2 rings (SSSR count). The van der Waals surface area contributed by atoms with Gasteiger partial charge >= 0.3 is 0 Å². The molecule has 1 amide bonds. The molecule has 0 bridgehead atoms. The minimum atomic E-state index is -0.442. The van der Waals surface area contributed by atoms with Crippen molar-refractivity contribution in [3.05, 3.63) is 34.3 Å². The van der Waals surface area contributed by atoms with Crippen molar-refractivity contribution in [2.24, 2.45) is 0 Å². The Balaban J connectivity index is 2.21. The van der Waals surface area contributed by atoms with Gasteiger partial charge in [0.05, 0.1) is 23.9 Å². The number of nitrogens with zero attached hydrogens (tertiary/aromatic N) is 1. The number of halogens is 1. The molecule has 1 saturated heterocycles. The first-order valence-electron chi connectivity index (χ1n) is 6.25. The number of rotatable bonds is 2. The van der Waals surface area contributed by atoms with Crippen LogP contribution in [0.1, 0.15) is 24.2 Å². The summed E-state index contributed by atoms with van der Waals surface area (Å²) in [6.07, 6.45) is -0.324. The van der Waals surface area contributed by atoms with Crippen LogP contribution in [0.15, 0.2) is 28.7 Å². The SMILES string of the molecule is CC1(C)CN(C(=O)c2ccccc2Br)CC(CO)O1. The third-order valence-corrected chi connectivity index (χ3v) is 3.77. The molecule has 0 saturated carbocycles. The number of benzene rings is 1. The third-order valence-electron chi connectivity index (χ3n) is 3.08. The predicted molar refractivity (Wildman–Crippen MR) is 76.1 cm³/mol. The van der Waals surface area contributed by atoms with Gasteiger partial charge in [-0.05, 0) is 41.9 Å². The first kappa shape index (κ1) is 14.5. The summed E-state index contributed by atoms with van der Waals surface area (Å²) in [7, 11) is 0. The number of carbonyl (C=O) groups is 1. The summed E-state index contributed by atoms with van der Waals surface area (Å²) >= 11 is 3.40. The minimum absolute atomic E-state index is 0.0395. The van der Waals surface area contributed by atoms with E-state index in [0.29, 0.717) is 18.7 Å². The van der Waals surface area contributed by atoms with Gasteiger partial charge in [0.2, 0.25) is 0 Å². The lowest BCUT2D eigenvalue weighted by Gasteiger charge is -2.42. The molecule has 1 N–H and O–H groups in total. The highest BCUT2D eigenvalue weighted by atomic mass is 79.9. The van der Waals surface area contributed by atoms with E-state index in [1.807, 2.05) is 32.0 Å². The summed E-state index contributed by atoms with van der Waals surface area (Å²) in [5, 5.41) is 9.28. The Kier molecular flexibility index (Phi) is 4.28. The molecule has 1 heterocycles. The van der Waals surface area contributed by atoms with Gasteiger partial charge in [0, 0.05) is 17.6 Å². The molecular weight excluding hydrogens is 310 g/mol. The fourth-order valence-electron chi connectivity index (χ4n) is 2.35. The van der Waals surface area contributed by atoms with Crippen molar-refractivity contribution in [2.45, 2.75) is 25.6 Å². The van der Waals surface area contributed by atoms with Gasteiger partial charge in [0.1, 0.15) is 0 Å². The van der Waals surface area contributed by atoms with Crippen molar-refractivity contribution in [1.82, 2.24) is 4.90 Å². The lowest BCUT2D eigenvalue weighted by Crippen LogP contribution is -2.55. The van der Waals surface area contributed by atoms with Crippen LogP contribution in [0.5, 0.6) is 0 Å². The van der Waals surface area contributed by atoms with E-state index >= 15 is 0 Å². The Bertz CT molecular complexity index is 476. The van der Waals surface area contributed by atoms with E-state index in [1.165, 1.54) is 0 Å². The molecule has 1 aromatic carbocycles. The average molecular weight is 328 g/mol. The van der Waals surface area contributed by atoms with E-state index in [0.717, 1.165) is 4.47 Å². The van der Waals surface area contributed by atoms with Crippen LogP contribution in [0.25, 0.3) is 0 Å². The van der Waals surface area contributed by atoms with Crippen LogP contribution in [-0.4, -0.2) is 47.3 Å². The van der Waals surface area contributed by atoms with Crippen molar-refractivity contribution >= 4 is 21.8 Å². The summed E-state index contributed by atoms with van der Waals surface area (Å²) < 4.78 is 6.50. The lowest BCUT2D eigenvalue weighted by atomic mass is 10.0. The van der Waals surface area contributed by atoms with E-state index in [2.05, 4.69) is 15.9 Å². The van der Waals surface area contributed by atoms with Crippen molar-refractivity contribution < 1.29 is 14.6 Å². The number of ether oxygens (including phenoxy) is 1. The normalized spacial score (nSPS) is 22.3. The number of aliphatic hydroxyl groups is 1. The highest BCUT2D eigenvalue weighted by Crippen LogP contribution is 2.24. The molecule has 0 aromatic heterocycles. The van der Waals surface area contributed by atoms with Crippen LogP contribution in [0.2, 0.25) is 0 Å². The maximum atomic E-state index is 12.5. The molecule has 0 aliphatic carbocycles. The third kappa shape index (κ3) is 3.35. The van der Waals surface area contributed by atoms with Crippen LogP contribution in [0.4, 0.5) is 0 Å². The monoisotopic (exact) mass is 327 g/mol. The molecule has 0 spiro atoms. The van der Waals surface area contributed by atoms with Crippen LogP contribution < -0.4 is 0 Å². The molecule has 1 unspecified atom stereocenters. The molecule has 19 heavy (non-hydrogen) atoms. The Hall–Kier alpha value is -0.910. The van der Waals surface area contributed by atoms with Gasteiger partial charge in [-0.15, -0.1) is 0 Å². The zero-order chi connectivity index (χ0) is 14.0. The van der Waals surface area contributed by atoms with Gasteiger partial charge in [-0.3, -0.25) is 4.79 Å². The Labute approximate surface area is 121 Å². The fourth-order valence-corrected chi connectivity index (χ4v) is 2.80. The second-order valence-corrected chi connectivity index (χ2v) is 6.20. The van der Waals surface area contributed by atoms with Crippen molar-refractivity contribution in [3.8, 4) is 0 Å². The number of amides is 1. The Morgan fingerprint density at radius 1 is 1.53 bits per heavy atom. The fraction of sp³-hybridized carbons (Fsp3) is 0.500. The molecule has 4 nitrogen and oxygen atoms in total. The van der Waals surface area contributed by atoms with Gasteiger partial charge in [-0.25, -0.2) is 0 Å². The zero-order valence-electron chi connectivity index (χ0n) is 11.1. The standard InChI is InChI=1S/C14H18BrNO3/c1-14(2)9-16(7-10(8-17)19-14)13(18)11-5-3-4-6-12(11)15/h3-6,10,17H,7-9H2,1-2H3. The Morgan fingerprint density at radius 3 is 2.84 bits per heavy atom. The average Bonchev–Trinajstić information content (AvgIpc) is 2.36. The van der Waals surface area contributed by atoms with Gasteiger partial charge in [0.15, 0.2) is 0 Å². The van der Waals surface area contributed by atoms with Gasteiger partial charge in [0.25, 0.3) is 5.91 Å². The molecule has 0 radical (unpaired) electrons. The van der Waals surface area contributed by atoms with Crippen LogP contribution in [-0.2, 0) is 4.74 Å². The molecule has 1 aliphatic rings. The van der Waals surface area contributed by atoms with Crippen molar-refractivity contribution in [3.63, 3.8) is 0 Å². The molecular formula is C14H18BrNO3. The summed E-state index contributed by atoms with van der Waals surface area (Å²) in [5.74, 6) is -0.0395. The first-order chi connectivity index (χ1) is 8.93. The number of hydrogen-bond acceptors (Lipinski definition) is 3. The van der Waals surface area contributed by atoms with Crippen molar-refractivity contribution in [2.75, 3.05) is 19.7 Å². The topological polar surface area (TPSA) is 49.8 Å². The summed E-state index contributed by atoms with van der Waals surface area (Å²) in [4.78, 5) is 14.3. The minimum Gasteiger partial charge on any atom is -0.394 e. The largest absolute Gasteiger partial charge is 0.394 e. The number of morpholine rings is 1. The van der Waals surface area contributed by atoms with Crippen LogP contribution >= 0.6 is 15.9 Å². The van der Waals surface area contributed by atoms with Crippen LogP contribution in [0, 0.1) is 0 Å². The smallest absolute Gasteiger partial charge is 0.255 e. The second-order valence-electron chi connectivity index (χ2n) is 5.35. The quantitative estimate of drug-likeness (QED) is 0.904. The van der Waals surface area contributed by atoms with E-state index in [-0.39, 0.29) is 18.6 Å². The van der Waals surface area contributed by atoms with Crippen LogP contribution in [0.3, 0.4) is 0 Å². The van der Waals surface area contributed by atoms with Gasteiger partial charge in [-0.2, -0.15) is 0 Å². The maximum Gasteiger partial charge on any atom is 0.255 e. The number of aliphatic hydroxyl groups excluding tert-OH is 1. The molecule has 5 heteroatoms. The molecule has 1 aromatic rings. The predicted octanol–water partition coefficient (Wildman–Crippen LogP) is 2.06. The van der Waals surface area contributed by atoms with E-state index in [4.69, 9.17) is 4.74 Å². The maximum absolute atomic E-state index is 12.5. The summed E-state index contributed by atoms with van der Waals surface area (Å²) in [5.41, 5.74) is 0.194. The molecule has 104 valence electrons. The Morgan fingerprint density at radius 2 is 2.21 bits per heavy atom. The number of hydrogen-bond donors (Lipinski definition) is 1. The van der Waals surface area contributed by atoms with E-state index in [1.54, 1.807) is 11.0 Å². The van der Waals surface area contributed by atoms with Gasteiger partial charge in [-0.1, -0.05) is 12.1 Å². The number of carbonyl (C=O) groups excluding carboxylic acids is 1. The highest BCUT2D eigenvalue weighted by molar-refractivity contribution is 9.10. The molecule has 1 fully saturated rings. The summed E-state index contributed by atoms with van der Waals surface area (Å²) in [6, 6.07) is 7.36. The van der Waals surface area contributed by atoms with Crippen molar-refractivity contribution in [1.29, 1.82) is 0 Å². The van der Waals surface area contributed by atoms with E-state index in [9.17, 15) is 9.90 Å². The summed E-state index contributed by atoms with van der Waals surface area (Å²) in [6.45, 7) is 4.71. The molecule has 1 aliphatic heterocycles. The second kappa shape index (κ2) is 5.61. The zero-order valence-corrected chi connectivity index (χ0v) is 12.7. The lowest BCUT2D eigenvalue weighted by molar-refractivity contribution is -0.139. The highest BCUT2D eigenvalue weighted by Gasteiger charge is 2.35. The van der Waals surface area contributed by atoms with Gasteiger partial charge < -0.3 is 14.7 Å². The first-order valence-corrected chi connectivity index (χ1v) is 7.05. The van der Waals surface area contributed by atoms with E-state index < -0.39 is 5.60 Å². The molecule has 1 atom stereocenters.